The van der Waals surface area contributed by atoms with Crippen LogP contribution in [0.5, 0.6) is 0 Å². The van der Waals surface area contributed by atoms with E-state index in [9.17, 15) is 14.9 Å². The average Bonchev–Trinajstić information content (AvgIpc) is 3.27. The number of para-hydroxylation sites is 1. The minimum atomic E-state index is -0.780. The van der Waals surface area contributed by atoms with Crippen molar-refractivity contribution in [3.05, 3.63) is 101 Å². The van der Waals surface area contributed by atoms with Gasteiger partial charge in [0.15, 0.2) is 5.82 Å². The lowest BCUT2D eigenvalue weighted by Crippen LogP contribution is -2.15. The fourth-order valence-electron chi connectivity index (χ4n) is 5.37. The standard InChI is InChI=1S/C29H18FN3/c1-29(2)23-9-5-3-7-18(23)20-13-21-19-8-4-6-10-25(19)33(27(21)14-24(20)29)26-12-11-17(15-31)28(30)22(26)16-32/h3-14H,1-2H3. The van der Waals surface area contributed by atoms with Gasteiger partial charge in [-0.3, -0.25) is 0 Å². The monoisotopic (exact) mass is 427 g/mol. The summed E-state index contributed by atoms with van der Waals surface area (Å²) in [4.78, 5) is 0. The number of nitriles is 2. The molecule has 0 N–H and O–H groups in total. The Balaban J connectivity index is 1.78. The van der Waals surface area contributed by atoms with E-state index in [0.29, 0.717) is 5.69 Å². The molecule has 1 aliphatic carbocycles. The molecule has 0 spiro atoms. The Morgan fingerprint density at radius 1 is 0.758 bits per heavy atom. The largest absolute Gasteiger partial charge is 0.308 e. The second-order valence-electron chi connectivity index (χ2n) is 8.98. The molecule has 0 saturated carbocycles. The molecule has 1 aliphatic rings. The van der Waals surface area contributed by atoms with Crippen molar-refractivity contribution < 1.29 is 4.39 Å². The second kappa shape index (κ2) is 6.55. The van der Waals surface area contributed by atoms with Crippen LogP contribution in [0.25, 0.3) is 38.6 Å². The SMILES string of the molecule is CC1(C)c2ccccc2-c2cc3c4ccccc4n(-c4ccc(C#N)c(F)c4C#N)c3cc21. The highest BCUT2D eigenvalue weighted by Gasteiger charge is 2.36. The van der Waals surface area contributed by atoms with Gasteiger partial charge in [-0.2, -0.15) is 10.5 Å². The molecule has 0 radical (unpaired) electrons. The molecule has 5 aromatic rings. The van der Waals surface area contributed by atoms with Crippen molar-refractivity contribution in [1.82, 2.24) is 4.57 Å². The Morgan fingerprint density at radius 3 is 2.30 bits per heavy atom. The summed E-state index contributed by atoms with van der Waals surface area (Å²) >= 11 is 0. The zero-order valence-electron chi connectivity index (χ0n) is 18.1. The lowest BCUT2D eigenvalue weighted by atomic mass is 9.82. The van der Waals surface area contributed by atoms with E-state index in [1.807, 2.05) is 34.9 Å². The fraction of sp³-hybridized carbons (Fsp3) is 0.103. The molecular formula is C29H18FN3. The van der Waals surface area contributed by atoms with E-state index in [-0.39, 0.29) is 16.5 Å². The maximum Gasteiger partial charge on any atom is 0.160 e. The number of rotatable bonds is 1. The van der Waals surface area contributed by atoms with Crippen LogP contribution in [0.2, 0.25) is 0 Å². The van der Waals surface area contributed by atoms with E-state index in [1.54, 1.807) is 6.07 Å². The predicted molar refractivity (Wildman–Crippen MR) is 128 cm³/mol. The summed E-state index contributed by atoms with van der Waals surface area (Å²) in [6.07, 6.45) is 0. The molecule has 0 fully saturated rings. The van der Waals surface area contributed by atoms with Gasteiger partial charge in [-0.15, -0.1) is 0 Å². The number of halogens is 1. The van der Waals surface area contributed by atoms with Crippen molar-refractivity contribution in [2.45, 2.75) is 19.3 Å². The Hall–Kier alpha value is -4.41. The van der Waals surface area contributed by atoms with Crippen molar-refractivity contribution in [2.24, 2.45) is 0 Å². The minimum Gasteiger partial charge on any atom is -0.308 e. The van der Waals surface area contributed by atoms with Gasteiger partial charge >= 0.3 is 0 Å². The normalized spacial score (nSPS) is 13.5. The number of nitrogens with zero attached hydrogens (tertiary/aromatic N) is 3. The molecule has 156 valence electrons. The third-order valence-electron chi connectivity index (χ3n) is 6.97. The van der Waals surface area contributed by atoms with Gasteiger partial charge in [0.05, 0.1) is 22.3 Å². The molecule has 3 nitrogen and oxygen atoms in total. The zero-order chi connectivity index (χ0) is 22.9. The highest BCUT2D eigenvalue weighted by molar-refractivity contribution is 6.11. The first-order valence-corrected chi connectivity index (χ1v) is 10.8. The van der Waals surface area contributed by atoms with E-state index in [2.05, 4.69) is 56.3 Å². The van der Waals surface area contributed by atoms with Gasteiger partial charge in [-0.1, -0.05) is 56.3 Å². The molecule has 1 aromatic heterocycles. The topological polar surface area (TPSA) is 52.5 Å². The van der Waals surface area contributed by atoms with Crippen LogP contribution in [0.4, 0.5) is 4.39 Å². The Labute approximate surface area is 190 Å². The van der Waals surface area contributed by atoms with Gasteiger partial charge < -0.3 is 4.57 Å². The van der Waals surface area contributed by atoms with Crippen LogP contribution in [0.15, 0.2) is 72.8 Å². The third-order valence-corrected chi connectivity index (χ3v) is 6.97. The maximum atomic E-state index is 15.0. The van der Waals surface area contributed by atoms with Crippen LogP contribution in [-0.2, 0) is 5.41 Å². The highest BCUT2D eigenvalue weighted by atomic mass is 19.1. The molecule has 1 heterocycles. The Kier molecular flexibility index (Phi) is 3.83. The van der Waals surface area contributed by atoms with Crippen LogP contribution in [0.3, 0.4) is 0 Å². The van der Waals surface area contributed by atoms with E-state index < -0.39 is 5.82 Å². The molecule has 0 bridgehead atoms. The molecule has 33 heavy (non-hydrogen) atoms. The van der Waals surface area contributed by atoms with Crippen molar-refractivity contribution in [3.8, 4) is 29.0 Å². The van der Waals surface area contributed by atoms with E-state index in [0.717, 1.165) is 21.8 Å². The molecule has 0 atom stereocenters. The molecule has 0 amide bonds. The number of aromatic nitrogens is 1. The van der Waals surface area contributed by atoms with Crippen molar-refractivity contribution >= 4 is 21.8 Å². The van der Waals surface area contributed by atoms with Crippen LogP contribution < -0.4 is 0 Å². The first-order chi connectivity index (χ1) is 16.0. The van der Waals surface area contributed by atoms with E-state index in [1.165, 1.54) is 28.3 Å². The second-order valence-corrected chi connectivity index (χ2v) is 8.98. The smallest absolute Gasteiger partial charge is 0.160 e. The van der Waals surface area contributed by atoms with E-state index in [4.69, 9.17) is 0 Å². The molecule has 6 rings (SSSR count). The number of hydrogen-bond donors (Lipinski definition) is 0. The maximum absolute atomic E-state index is 15.0. The number of hydrogen-bond acceptors (Lipinski definition) is 2. The quantitative estimate of drug-likeness (QED) is 0.290. The summed E-state index contributed by atoms with van der Waals surface area (Å²) in [5.74, 6) is -0.780. The van der Waals surface area contributed by atoms with Gasteiger partial charge in [0, 0.05) is 16.2 Å². The van der Waals surface area contributed by atoms with Crippen LogP contribution in [0.1, 0.15) is 36.1 Å². The Bertz CT molecular complexity index is 1720. The summed E-state index contributed by atoms with van der Waals surface area (Å²) in [6, 6.07) is 27.8. The molecule has 0 unspecified atom stereocenters. The molecular weight excluding hydrogens is 409 g/mol. The lowest BCUT2D eigenvalue weighted by Gasteiger charge is -2.21. The van der Waals surface area contributed by atoms with Crippen molar-refractivity contribution in [3.63, 3.8) is 0 Å². The zero-order valence-corrected chi connectivity index (χ0v) is 18.1. The fourth-order valence-corrected chi connectivity index (χ4v) is 5.37. The summed E-state index contributed by atoms with van der Waals surface area (Å²) in [6.45, 7) is 4.44. The summed E-state index contributed by atoms with van der Waals surface area (Å²) in [7, 11) is 0. The van der Waals surface area contributed by atoms with Crippen molar-refractivity contribution in [1.29, 1.82) is 10.5 Å². The summed E-state index contributed by atoms with van der Waals surface area (Å²) < 4.78 is 16.9. The van der Waals surface area contributed by atoms with Gasteiger partial charge in [-0.25, -0.2) is 4.39 Å². The molecule has 4 heteroatoms. The van der Waals surface area contributed by atoms with Gasteiger partial charge in [0.25, 0.3) is 0 Å². The summed E-state index contributed by atoms with van der Waals surface area (Å²) in [5, 5.41) is 21.1. The lowest BCUT2D eigenvalue weighted by molar-refractivity contribution is 0.619. The average molecular weight is 427 g/mol. The minimum absolute atomic E-state index is 0.125. The van der Waals surface area contributed by atoms with Crippen LogP contribution in [0, 0.1) is 28.5 Å². The number of fused-ring (bicyclic) bond motifs is 6. The molecule has 0 saturated heterocycles. The number of benzene rings is 4. The first-order valence-electron chi connectivity index (χ1n) is 10.8. The molecule has 0 aliphatic heterocycles. The Morgan fingerprint density at radius 2 is 1.52 bits per heavy atom. The van der Waals surface area contributed by atoms with Crippen LogP contribution in [-0.4, -0.2) is 4.57 Å². The third kappa shape index (κ3) is 2.41. The highest BCUT2D eigenvalue weighted by Crippen LogP contribution is 2.51. The molecule has 4 aromatic carbocycles. The van der Waals surface area contributed by atoms with Gasteiger partial charge in [0.1, 0.15) is 17.7 Å². The summed E-state index contributed by atoms with van der Waals surface area (Å²) in [5.41, 5.74) is 6.73. The van der Waals surface area contributed by atoms with Gasteiger partial charge in [-0.05, 0) is 52.6 Å². The van der Waals surface area contributed by atoms with Crippen molar-refractivity contribution in [2.75, 3.05) is 0 Å². The predicted octanol–water partition coefficient (Wildman–Crippen LogP) is 6.97. The van der Waals surface area contributed by atoms with Crippen LogP contribution >= 0.6 is 0 Å². The van der Waals surface area contributed by atoms with Gasteiger partial charge in [0.2, 0.25) is 0 Å². The first kappa shape index (κ1) is 19.3. The van der Waals surface area contributed by atoms with E-state index >= 15 is 0 Å².